The van der Waals surface area contributed by atoms with Crippen LogP contribution in [0.15, 0.2) is 41.0 Å². The van der Waals surface area contributed by atoms with Gasteiger partial charge in [0.15, 0.2) is 0 Å². The Kier molecular flexibility index (Phi) is 5.80. The molecule has 2 rings (SSSR count). The molecule has 0 atom stereocenters. The van der Waals surface area contributed by atoms with E-state index in [4.69, 9.17) is 14.3 Å². The van der Waals surface area contributed by atoms with E-state index in [0.717, 1.165) is 0 Å². The third kappa shape index (κ3) is 4.88. The lowest BCUT2D eigenvalue weighted by molar-refractivity contribution is -0.137. The van der Waals surface area contributed by atoms with E-state index in [1.54, 1.807) is 30.3 Å². The van der Waals surface area contributed by atoms with Crippen LogP contribution in [0.2, 0.25) is 0 Å². The maximum Gasteiger partial charge on any atom is 0.303 e. The Labute approximate surface area is 134 Å². The summed E-state index contributed by atoms with van der Waals surface area (Å²) in [5.74, 6) is 0.231. The fourth-order valence-electron chi connectivity index (χ4n) is 2.06. The van der Waals surface area contributed by atoms with Crippen LogP contribution in [0.1, 0.15) is 35.9 Å². The van der Waals surface area contributed by atoms with Gasteiger partial charge in [-0.05, 0) is 36.8 Å². The van der Waals surface area contributed by atoms with Gasteiger partial charge >= 0.3 is 5.97 Å². The van der Waals surface area contributed by atoms with E-state index in [1.165, 1.54) is 6.26 Å². The third-order valence-electron chi connectivity index (χ3n) is 3.23. The second kappa shape index (κ2) is 8.03. The molecule has 23 heavy (non-hydrogen) atoms. The molecule has 6 nitrogen and oxygen atoms in total. The van der Waals surface area contributed by atoms with Crippen LogP contribution in [0.4, 0.5) is 5.69 Å². The highest BCUT2D eigenvalue weighted by Crippen LogP contribution is 2.18. The number of amides is 1. The number of benzene rings is 1. The number of carbonyl (C=O) groups is 2. The summed E-state index contributed by atoms with van der Waals surface area (Å²) >= 11 is 0. The van der Waals surface area contributed by atoms with E-state index >= 15 is 0 Å². The minimum atomic E-state index is -0.836. The maximum absolute atomic E-state index is 12.2. The summed E-state index contributed by atoms with van der Waals surface area (Å²) in [5, 5.41) is 11.3. The van der Waals surface area contributed by atoms with Crippen LogP contribution in [-0.2, 0) is 11.2 Å². The molecule has 0 fully saturated rings. The summed E-state index contributed by atoms with van der Waals surface area (Å²) < 4.78 is 10.7. The van der Waals surface area contributed by atoms with Crippen molar-refractivity contribution in [2.75, 3.05) is 11.9 Å². The number of ether oxygens (including phenoxy) is 1. The van der Waals surface area contributed by atoms with Crippen molar-refractivity contribution in [3.63, 3.8) is 0 Å². The molecule has 0 spiro atoms. The molecule has 1 aromatic carbocycles. The smallest absolute Gasteiger partial charge is 0.303 e. The van der Waals surface area contributed by atoms with Crippen LogP contribution in [0.3, 0.4) is 0 Å². The van der Waals surface area contributed by atoms with Gasteiger partial charge in [0.2, 0.25) is 0 Å². The molecule has 2 N–H and O–H groups in total. The van der Waals surface area contributed by atoms with Crippen LogP contribution in [0.5, 0.6) is 5.75 Å². The SMILES string of the molecule is CCc1occc1C(=O)Nc1ccc(OCCCC(=O)O)cc1. The summed E-state index contributed by atoms with van der Waals surface area (Å²) in [6, 6.07) is 8.57. The minimum Gasteiger partial charge on any atom is -0.494 e. The molecule has 0 saturated carbocycles. The molecule has 1 aromatic heterocycles. The normalized spacial score (nSPS) is 10.3. The molecule has 0 aliphatic carbocycles. The predicted molar refractivity (Wildman–Crippen MR) is 84.8 cm³/mol. The molecule has 1 amide bonds. The number of hydrogen-bond donors (Lipinski definition) is 2. The standard InChI is InChI=1S/C17H19NO5/c1-2-15-14(9-11-23-15)17(21)18-12-5-7-13(8-6-12)22-10-3-4-16(19)20/h5-9,11H,2-4,10H2,1H3,(H,18,21)(H,19,20). The zero-order valence-electron chi connectivity index (χ0n) is 12.9. The average Bonchev–Trinajstić information content (AvgIpc) is 3.01. The maximum atomic E-state index is 12.2. The number of carboxylic acid groups (broad SMARTS) is 1. The highest BCUT2D eigenvalue weighted by Gasteiger charge is 2.13. The highest BCUT2D eigenvalue weighted by molar-refractivity contribution is 6.04. The Morgan fingerprint density at radius 2 is 1.96 bits per heavy atom. The zero-order chi connectivity index (χ0) is 16.7. The first kappa shape index (κ1) is 16.6. The molecule has 0 saturated heterocycles. The molecule has 0 unspecified atom stereocenters. The number of nitrogens with one attached hydrogen (secondary N) is 1. The van der Waals surface area contributed by atoms with E-state index in [1.807, 2.05) is 6.92 Å². The predicted octanol–water partition coefficient (Wildman–Crippen LogP) is 3.34. The second-order valence-electron chi connectivity index (χ2n) is 4.94. The van der Waals surface area contributed by atoms with E-state index in [9.17, 15) is 9.59 Å². The van der Waals surface area contributed by atoms with E-state index in [-0.39, 0.29) is 12.3 Å². The number of anilines is 1. The Hall–Kier alpha value is -2.76. The van der Waals surface area contributed by atoms with Crippen LogP contribution in [0.25, 0.3) is 0 Å². The largest absolute Gasteiger partial charge is 0.494 e. The summed E-state index contributed by atoms with van der Waals surface area (Å²) in [7, 11) is 0. The van der Waals surface area contributed by atoms with Crippen LogP contribution in [0, 0.1) is 0 Å². The topological polar surface area (TPSA) is 88.8 Å². The van der Waals surface area contributed by atoms with Gasteiger partial charge in [0.25, 0.3) is 5.91 Å². The number of aryl methyl sites for hydroxylation is 1. The van der Waals surface area contributed by atoms with Gasteiger partial charge in [-0.3, -0.25) is 9.59 Å². The molecule has 122 valence electrons. The summed E-state index contributed by atoms with van der Waals surface area (Å²) in [6.45, 7) is 2.26. The van der Waals surface area contributed by atoms with Crippen molar-refractivity contribution < 1.29 is 23.8 Å². The fourth-order valence-corrected chi connectivity index (χ4v) is 2.06. The monoisotopic (exact) mass is 317 g/mol. The number of carbonyl (C=O) groups excluding carboxylic acids is 1. The van der Waals surface area contributed by atoms with E-state index < -0.39 is 5.97 Å². The number of hydrogen-bond acceptors (Lipinski definition) is 4. The van der Waals surface area contributed by atoms with Gasteiger partial charge in [-0.25, -0.2) is 0 Å². The molecule has 6 heteroatoms. The average molecular weight is 317 g/mol. The van der Waals surface area contributed by atoms with E-state index in [0.29, 0.717) is 42.2 Å². The summed E-state index contributed by atoms with van der Waals surface area (Å²) in [4.78, 5) is 22.6. The van der Waals surface area contributed by atoms with Crippen molar-refractivity contribution >= 4 is 17.6 Å². The molecule has 0 radical (unpaired) electrons. The van der Waals surface area contributed by atoms with Gasteiger partial charge in [0.1, 0.15) is 11.5 Å². The van der Waals surface area contributed by atoms with Crippen molar-refractivity contribution in [2.24, 2.45) is 0 Å². The summed E-state index contributed by atoms with van der Waals surface area (Å²) in [6.07, 6.45) is 2.69. The lowest BCUT2D eigenvalue weighted by Gasteiger charge is -2.08. The van der Waals surface area contributed by atoms with Gasteiger partial charge in [0, 0.05) is 18.5 Å². The molecule has 2 aromatic rings. The Morgan fingerprint density at radius 1 is 1.22 bits per heavy atom. The first-order valence-electron chi connectivity index (χ1n) is 7.42. The Bertz CT molecular complexity index is 660. The lowest BCUT2D eigenvalue weighted by Crippen LogP contribution is -2.12. The van der Waals surface area contributed by atoms with Gasteiger partial charge < -0.3 is 19.6 Å². The Balaban J connectivity index is 1.87. The van der Waals surface area contributed by atoms with Crippen molar-refractivity contribution in [3.05, 3.63) is 47.9 Å². The number of carboxylic acids is 1. The van der Waals surface area contributed by atoms with Gasteiger partial charge in [-0.15, -0.1) is 0 Å². The molecule has 1 heterocycles. The molecule has 0 aliphatic rings. The number of aliphatic carboxylic acids is 1. The van der Waals surface area contributed by atoms with Gasteiger partial charge in [-0.2, -0.15) is 0 Å². The number of rotatable bonds is 8. The van der Waals surface area contributed by atoms with Crippen molar-refractivity contribution in [2.45, 2.75) is 26.2 Å². The van der Waals surface area contributed by atoms with Gasteiger partial charge in [0.05, 0.1) is 18.4 Å². The van der Waals surface area contributed by atoms with Crippen LogP contribution < -0.4 is 10.1 Å². The van der Waals surface area contributed by atoms with Crippen LogP contribution >= 0.6 is 0 Å². The fraction of sp³-hybridized carbons (Fsp3) is 0.294. The summed E-state index contributed by atoms with van der Waals surface area (Å²) in [5.41, 5.74) is 1.18. The molecular weight excluding hydrogens is 298 g/mol. The Morgan fingerprint density at radius 3 is 2.61 bits per heavy atom. The molecular formula is C17H19NO5. The first-order chi connectivity index (χ1) is 11.1. The second-order valence-corrected chi connectivity index (χ2v) is 4.94. The third-order valence-corrected chi connectivity index (χ3v) is 3.23. The van der Waals surface area contributed by atoms with Gasteiger partial charge in [-0.1, -0.05) is 6.92 Å². The molecule has 0 aliphatic heterocycles. The molecule has 0 bridgehead atoms. The van der Waals surface area contributed by atoms with Crippen molar-refractivity contribution in [1.82, 2.24) is 0 Å². The van der Waals surface area contributed by atoms with Crippen molar-refractivity contribution in [1.29, 1.82) is 0 Å². The van der Waals surface area contributed by atoms with E-state index in [2.05, 4.69) is 5.32 Å². The van der Waals surface area contributed by atoms with Crippen molar-refractivity contribution in [3.8, 4) is 5.75 Å². The minimum absolute atomic E-state index is 0.0819. The number of furan rings is 1. The first-order valence-corrected chi connectivity index (χ1v) is 7.42. The lowest BCUT2D eigenvalue weighted by atomic mass is 10.2. The van der Waals surface area contributed by atoms with Crippen LogP contribution in [-0.4, -0.2) is 23.6 Å². The highest BCUT2D eigenvalue weighted by atomic mass is 16.5. The zero-order valence-corrected chi connectivity index (χ0v) is 12.9. The quantitative estimate of drug-likeness (QED) is 0.729.